The average Bonchev–Trinajstić information content (AvgIpc) is 2.70. The van der Waals surface area contributed by atoms with E-state index >= 15 is 0 Å². The van der Waals surface area contributed by atoms with Gasteiger partial charge >= 0.3 is 35.7 Å². The van der Waals surface area contributed by atoms with Gasteiger partial charge in [-0.2, -0.15) is 0 Å². The number of carbonyl (C=O) groups is 2. The fraction of sp³-hybridized carbons (Fsp3) is 0.625. The third kappa shape index (κ3) is 4.77. The van der Waals surface area contributed by atoms with Crippen LogP contribution in [0.2, 0.25) is 0 Å². The summed E-state index contributed by atoms with van der Waals surface area (Å²) in [4.78, 5) is 41.0. The minimum absolute atomic E-state index is 0. The van der Waals surface area contributed by atoms with E-state index in [4.69, 9.17) is 4.74 Å². The summed E-state index contributed by atoms with van der Waals surface area (Å²) in [6.07, 6.45) is 1.21. The Hall–Kier alpha value is -1.58. The van der Waals surface area contributed by atoms with E-state index in [1.807, 2.05) is 0 Å². The van der Waals surface area contributed by atoms with Crippen molar-refractivity contribution in [2.24, 2.45) is 0 Å². The van der Waals surface area contributed by atoms with E-state index in [2.05, 4.69) is 4.98 Å². The maximum absolute atomic E-state index is 12.4. The first-order valence-corrected chi connectivity index (χ1v) is 8.03. The van der Waals surface area contributed by atoms with E-state index in [0.717, 1.165) is 0 Å². The Morgan fingerprint density at radius 2 is 1.96 bits per heavy atom. The Kier molecular flexibility index (Phi) is 7.26. The van der Waals surface area contributed by atoms with E-state index in [0.29, 0.717) is 19.3 Å². The summed E-state index contributed by atoms with van der Waals surface area (Å²) >= 11 is 0. The molecular weight excluding hydrogens is 353 g/mol. The van der Waals surface area contributed by atoms with Gasteiger partial charge in [-0.05, 0) is 40.0 Å². The van der Waals surface area contributed by atoms with Crippen molar-refractivity contribution in [2.75, 3.05) is 7.05 Å². The van der Waals surface area contributed by atoms with E-state index in [1.165, 1.54) is 16.5 Å². The largest absolute Gasteiger partial charge is 1.00 e. The second-order valence-corrected chi connectivity index (χ2v) is 7.01. The number of hydrogen-bond acceptors (Lipinski definition) is 7. The number of rotatable bonds is 2. The molecule has 1 aliphatic rings. The van der Waals surface area contributed by atoms with Crippen LogP contribution in [-0.2, 0) is 11.3 Å². The Morgan fingerprint density at radius 1 is 1.35 bits per heavy atom. The summed E-state index contributed by atoms with van der Waals surface area (Å²) in [7, 11) is 1.51. The van der Waals surface area contributed by atoms with E-state index in [1.54, 1.807) is 20.8 Å². The summed E-state index contributed by atoms with van der Waals surface area (Å²) in [5.41, 5.74) is -2.37. The number of ether oxygens (including phenoxy) is 1. The quantitative estimate of drug-likeness (QED) is 0.562. The molecule has 2 rings (SSSR count). The van der Waals surface area contributed by atoms with Crippen LogP contribution >= 0.6 is 0 Å². The van der Waals surface area contributed by atoms with E-state index < -0.39 is 40.7 Å². The van der Waals surface area contributed by atoms with Gasteiger partial charge in [0, 0.05) is 13.6 Å². The predicted molar refractivity (Wildman–Crippen MR) is 85.1 cm³/mol. The molecule has 1 amide bonds. The molecule has 0 aromatic carbocycles. The SMILES string of the molecule is CN(C(=O)OC(C)(C)C)C1CCCCn2c1nc(C(=O)[O-])c(O)c2=O.[Na+]. The van der Waals surface area contributed by atoms with Crippen LogP contribution in [0.1, 0.15) is 62.4 Å². The molecule has 1 unspecified atom stereocenters. The molecule has 0 bridgehead atoms. The van der Waals surface area contributed by atoms with Crippen molar-refractivity contribution in [3.63, 3.8) is 0 Å². The van der Waals surface area contributed by atoms with Gasteiger partial charge < -0.3 is 24.6 Å². The molecule has 0 fully saturated rings. The number of hydrogen-bond donors (Lipinski definition) is 1. The molecule has 0 saturated heterocycles. The fourth-order valence-corrected chi connectivity index (χ4v) is 2.74. The number of amides is 1. The molecule has 1 aliphatic heterocycles. The first kappa shape index (κ1) is 22.5. The van der Waals surface area contributed by atoms with Crippen LogP contribution in [0.3, 0.4) is 0 Å². The second-order valence-electron chi connectivity index (χ2n) is 7.01. The summed E-state index contributed by atoms with van der Waals surface area (Å²) < 4.78 is 6.54. The number of carboxylic acids is 1. The Labute approximate surface area is 173 Å². The molecule has 0 saturated carbocycles. The summed E-state index contributed by atoms with van der Waals surface area (Å²) in [6.45, 7) is 5.47. The molecule has 138 valence electrons. The molecule has 1 atom stereocenters. The first-order valence-electron chi connectivity index (χ1n) is 8.03. The maximum Gasteiger partial charge on any atom is 1.00 e. The van der Waals surface area contributed by atoms with Crippen molar-refractivity contribution in [1.82, 2.24) is 14.5 Å². The molecule has 1 aromatic rings. The minimum Gasteiger partial charge on any atom is -0.543 e. The molecule has 9 nitrogen and oxygen atoms in total. The molecule has 2 heterocycles. The third-order valence-corrected chi connectivity index (χ3v) is 3.92. The third-order valence-electron chi connectivity index (χ3n) is 3.92. The zero-order chi connectivity index (χ0) is 18.9. The van der Waals surface area contributed by atoms with E-state index in [9.17, 15) is 24.6 Å². The van der Waals surface area contributed by atoms with Gasteiger partial charge in [-0.3, -0.25) is 9.36 Å². The number of aromatic nitrogens is 2. The van der Waals surface area contributed by atoms with Gasteiger partial charge in [-0.15, -0.1) is 0 Å². The van der Waals surface area contributed by atoms with Crippen LogP contribution in [0.4, 0.5) is 4.79 Å². The molecule has 1 N–H and O–H groups in total. The van der Waals surface area contributed by atoms with Crippen LogP contribution in [0.15, 0.2) is 4.79 Å². The maximum atomic E-state index is 12.4. The van der Waals surface area contributed by atoms with Gasteiger partial charge in [0.05, 0.1) is 12.0 Å². The number of aromatic carboxylic acids is 1. The summed E-state index contributed by atoms with van der Waals surface area (Å²) in [6, 6.07) is -0.649. The number of carbonyl (C=O) groups excluding carboxylic acids is 2. The fourth-order valence-electron chi connectivity index (χ4n) is 2.74. The molecular formula is C16H22N3NaO6. The van der Waals surface area contributed by atoms with Crippen molar-refractivity contribution in [3.8, 4) is 5.75 Å². The number of aromatic hydroxyl groups is 1. The second kappa shape index (κ2) is 8.41. The molecule has 0 spiro atoms. The Balaban J connectivity index is 0.00000338. The van der Waals surface area contributed by atoms with Crippen LogP contribution in [0.5, 0.6) is 5.75 Å². The van der Waals surface area contributed by atoms with Crippen molar-refractivity contribution >= 4 is 12.1 Å². The minimum atomic E-state index is -1.75. The van der Waals surface area contributed by atoms with Gasteiger partial charge in [0.2, 0.25) is 5.75 Å². The van der Waals surface area contributed by atoms with Crippen LogP contribution in [-0.4, -0.2) is 44.3 Å². The van der Waals surface area contributed by atoms with Crippen LogP contribution in [0.25, 0.3) is 0 Å². The van der Waals surface area contributed by atoms with Crippen molar-refractivity contribution < 1.29 is 54.1 Å². The Morgan fingerprint density at radius 3 is 2.50 bits per heavy atom. The van der Waals surface area contributed by atoms with Crippen molar-refractivity contribution in [1.29, 1.82) is 0 Å². The normalized spacial score (nSPS) is 16.7. The number of nitrogens with zero attached hydrogens (tertiary/aromatic N) is 3. The van der Waals surface area contributed by atoms with Gasteiger partial charge in [0.1, 0.15) is 17.1 Å². The first-order chi connectivity index (χ1) is 11.5. The molecule has 26 heavy (non-hydrogen) atoms. The number of carboxylic acid groups (broad SMARTS) is 1. The van der Waals surface area contributed by atoms with Crippen LogP contribution in [0, 0.1) is 0 Å². The average molecular weight is 375 g/mol. The molecule has 10 heteroatoms. The van der Waals surface area contributed by atoms with Crippen LogP contribution < -0.4 is 40.2 Å². The summed E-state index contributed by atoms with van der Waals surface area (Å²) in [5, 5.41) is 20.9. The molecule has 0 radical (unpaired) electrons. The zero-order valence-corrected chi connectivity index (χ0v) is 17.7. The van der Waals surface area contributed by atoms with Gasteiger partial charge in [-0.1, -0.05) is 0 Å². The van der Waals surface area contributed by atoms with Crippen molar-refractivity contribution in [3.05, 3.63) is 21.9 Å². The van der Waals surface area contributed by atoms with Gasteiger partial charge in [0.15, 0.2) is 0 Å². The van der Waals surface area contributed by atoms with E-state index in [-0.39, 0.29) is 41.9 Å². The predicted octanol–water partition coefficient (Wildman–Crippen LogP) is -2.59. The van der Waals surface area contributed by atoms with Gasteiger partial charge in [0.25, 0.3) is 5.56 Å². The summed E-state index contributed by atoms with van der Waals surface area (Å²) in [5.74, 6) is -2.60. The number of fused-ring (bicyclic) bond motifs is 1. The molecule has 1 aromatic heterocycles. The topological polar surface area (TPSA) is 125 Å². The smallest absolute Gasteiger partial charge is 0.543 e. The monoisotopic (exact) mass is 375 g/mol. The standard InChI is InChI=1S/C16H23N3O6.Na/c1-16(2,3)25-15(24)18(4)9-7-5-6-8-19-12(9)17-10(14(22)23)11(20)13(19)21;/h9,20H,5-8H2,1-4H3,(H,22,23);/q;+1/p-1. The van der Waals surface area contributed by atoms with Crippen molar-refractivity contribution in [2.45, 2.75) is 58.2 Å². The zero-order valence-electron chi connectivity index (χ0n) is 15.7. The Bertz CT molecular complexity index is 756. The molecule has 0 aliphatic carbocycles. The van der Waals surface area contributed by atoms with Gasteiger partial charge in [-0.25, -0.2) is 9.78 Å².